The summed E-state index contributed by atoms with van der Waals surface area (Å²) in [6.45, 7) is 0.466. The number of hydrogen-bond acceptors (Lipinski definition) is 3. The average Bonchev–Trinajstić information content (AvgIpc) is 2.77. The van der Waals surface area contributed by atoms with Gasteiger partial charge in [-0.05, 0) is 71.1 Å². The Balaban J connectivity index is 1.42. The van der Waals surface area contributed by atoms with E-state index in [0.29, 0.717) is 6.61 Å². The van der Waals surface area contributed by atoms with Gasteiger partial charge >= 0.3 is 0 Å². The first-order valence-electron chi connectivity index (χ1n) is 9.45. The maximum Gasteiger partial charge on any atom is 0.139 e. The number of thiol groups is 1. The zero-order valence-electron chi connectivity index (χ0n) is 15.7. The van der Waals surface area contributed by atoms with E-state index in [1.807, 2.05) is 48.5 Å². The zero-order chi connectivity index (χ0) is 19.6. The second-order valence-corrected chi connectivity index (χ2v) is 8.97. The topological polar surface area (TPSA) is 38.7 Å². The van der Waals surface area contributed by atoms with E-state index in [0.717, 1.165) is 22.8 Å². The SMILES string of the molecule is Oc1ccc(COc2ccc([SH]3c4ccccc4Oc4ccccc43)cc2)cc1. The van der Waals surface area contributed by atoms with Gasteiger partial charge in [0.25, 0.3) is 0 Å². The molecular weight excluding hydrogens is 380 g/mol. The molecule has 0 bridgehead atoms. The standard InChI is InChI=1S/C25H20O3S/c26-19-11-9-18(10-12-19)17-27-20-13-15-21(16-14-20)29-24-7-3-1-5-22(24)28-23-6-2-4-8-25(23)29/h1-16,26,29H,17H2. The summed E-state index contributed by atoms with van der Waals surface area (Å²) in [7, 11) is -0.676. The van der Waals surface area contributed by atoms with E-state index < -0.39 is 10.9 Å². The van der Waals surface area contributed by atoms with Crippen molar-refractivity contribution >= 4 is 10.9 Å². The van der Waals surface area contributed by atoms with Gasteiger partial charge in [0.05, 0.1) is 0 Å². The first kappa shape index (κ1) is 17.7. The third-order valence-electron chi connectivity index (χ3n) is 4.87. The van der Waals surface area contributed by atoms with E-state index in [4.69, 9.17) is 9.47 Å². The smallest absolute Gasteiger partial charge is 0.139 e. The lowest BCUT2D eigenvalue weighted by Gasteiger charge is -2.31. The Morgan fingerprint density at radius 2 is 1.28 bits per heavy atom. The molecule has 5 rings (SSSR count). The van der Waals surface area contributed by atoms with Crippen molar-refractivity contribution in [3.63, 3.8) is 0 Å². The van der Waals surface area contributed by atoms with Crippen LogP contribution < -0.4 is 9.47 Å². The summed E-state index contributed by atoms with van der Waals surface area (Å²) in [4.78, 5) is 3.73. The van der Waals surface area contributed by atoms with Crippen molar-refractivity contribution in [2.24, 2.45) is 0 Å². The number of fused-ring (bicyclic) bond motifs is 2. The molecule has 0 radical (unpaired) electrons. The van der Waals surface area contributed by atoms with E-state index in [-0.39, 0.29) is 5.75 Å². The highest BCUT2D eigenvalue weighted by Crippen LogP contribution is 2.61. The van der Waals surface area contributed by atoms with Gasteiger partial charge in [-0.15, -0.1) is 0 Å². The van der Waals surface area contributed by atoms with E-state index >= 15 is 0 Å². The summed E-state index contributed by atoms with van der Waals surface area (Å²) >= 11 is 0. The van der Waals surface area contributed by atoms with Crippen molar-refractivity contribution in [3.05, 3.63) is 103 Å². The van der Waals surface area contributed by atoms with Gasteiger partial charge in [0.15, 0.2) is 0 Å². The van der Waals surface area contributed by atoms with Crippen LogP contribution in [0.2, 0.25) is 0 Å². The van der Waals surface area contributed by atoms with Crippen molar-refractivity contribution in [1.82, 2.24) is 0 Å². The first-order chi connectivity index (χ1) is 14.3. The lowest BCUT2D eigenvalue weighted by Crippen LogP contribution is -2.00. The molecule has 4 aromatic carbocycles. The quantitative estimate of drug-likeness (QED) is 0.336. The molecule has 1 aliphatic rings. The predicted molar refractivity (Wildman–Crippen MR) is 116 cm³/mol. The summed E-state index contributed by atoms with van der Waals surface area (Å²) in [6.07, 6.45) is 0. The Morgan fingerprint density at radius 1 is 0.690 bits per heavy atom. The van der Waals surface area contributed by atoms with Crippen molar-refractivity contribution in [3.8, 4) is 23.0 Å². The van der Waals surface area contributed by atoms with Crippen molar-refractivity contribution in [2.75, 3.05) is 0 Å². The highest BCUT2D eigenvalue weighted by molar-refractivity contribution is 8.17. The van der Waals surface area contributed by atoms with Crippen LogP contribution in [0.3, 0.4) is 0 Å². The lowest BCUT2D eigenvalue weighted by molar-refractivity contribution is 0.306. The first-order valence-corrected chi connectivity index (χ1v) is 10.8. The van der Waals surface area contributed by atoms with Gasteiger partial charge in [-0.1, -0.05) is 36.4 Å². The Labute approximate surface area is 172 Å². The van der Waals surface area contributed by atoms with Gasteiger partial charge in [0, 0.05) is 9.79 Å². The monoisotopic (exact) mass is 400 g/mol. The number of para-hydroxylation sites is 2. The van der Waals surface area contributed by atoms with Crippen LogP contribution in [-0.2, 0) is 6.61 Å². The van der Waals surface area contributed by atoms with Crippen LogP contribution in [0.15, 0.2) is 112 Å². The number of benzene rings is 4. The third kappa shape index (κ3) is 3.55. The molecule has 0 amide bonds. The van der Waals surface area contributed by atoms with Gasteiger partial charge in [0.1, 0.15) is 29.6 Å². The second kappa shape index (κ2) is 7.57. The van der Waals surface area contributed by atoms with E-state index in [1.54, 1.807) is 12.1 Å². The van der Waals surface area contributed by atoms with Gasteiger partial charge < -0.3 is 14.6 Å². The van der Waals surface area contributed by atoms with Crippen LogP contribution in [0, 0.1) is 0 Å². The minimum atomic E-state index is -0.676. The number of aromatic hydroxyl groups is 1. The van der Waals surface area contributed by atoms with Crippen molar-refractivity contribution in [2.45, 2.75) is 21.3 Å². The normalized spacial score (nSPS) is 13.2. The molecule has 1 heterocycles. The summed E-state index contributed by atoms with van der Waals surface area (Å²) in [5.41, 5.74) is 1.02. The Bertz CT molecular complexity index is 1090. The molecule has 144 valence electrons. The molecular formula is C25H20O3S. The van der Waals surface area contributed by atoms with Gasteiger partial charge in [-0.3, -0.25) is 0 Å². The fourth-order valence-electron chi connectivity index (χ4n) is 3.43. The number of ether oxygens (including phenoxy) is 2. The fourth-order valence-corrected chi connectivity index (χ4v) is 5.85. The molecule has 3 nitrogen and oxygen atoms in total. The molecule has 0 aromatic heterocycles. The summed E-state index contributed by atoms with van der Waals surface area (Å²) < 4.78 is 12.0. The van der Waals surface area contributed by atoms with E-state index in [1.165, 1.54) is 14.7 Å². The maximum absolute atomic E-state index is 9.39. The predicted octanol–water partition coefficient (Wildman–Crippen LogP) is 6.56. The molecule has 29 heavy (non-hydrogen) atoms. The van der Waals surface area contributed by atoms with Crippen molar-refractivity contribution < 1.29 is 14.6 Å². The van der Waals surface area contributed by atoms with E-state index in [9.17, 15) is 5.11 Å². The van der Waals surface area contributed by atoms with Crippen LogP contribution in [0.4, 0.5) is 0 Å². The average molecular weight is 400 g/mol. The molecule has 0 spiro atoms. The van der Waals surface area contributed by atoms with Gasteiger partial charge in [-0.25, -0.2) is 0 Å². The van der Waals surface area contributed by atoms with Crippen LogP contribution in [-0.4, -0.2) is 5.11 Å². The molecule has 0 fully saturated rings. The molecule has 4 aromatic rings. The molecule has 1 N–H and O–H groups in total. The minimum absolute atomic E-state index is 0.262. The van der Waals surface area contributed by atoms with Crippen LogP contribution in [0.1, 0.15) is 5.56 Å². The Kier molecular flexibility index (Phi) is 4.62. The molecule has 0 saturated heterocycles. The van der Waals surface area contributed by atoms with Crippen LogP contribution in [0.25, 0.3) is 0 Å². The maximum atomic E-state index is 9.39. The highest BCUT2D eigenvalue weighted by Gasteiger charge is 2.25. The largest absolute Gasteiger partial charge is 0.508 e. The molecule has 0 saturated carbocycles. The van der Waals surface area contributed by atoms with Crippen molar-refractivity contribution in [1.29, 1.82) is 0 Å². The highest BCUT2D eigenvalue weighted by atomic mass is 32.2. The summed E-state index contributed by atoms with van der Waals surface area (Å²) in [5, 5.41) is 9.39. The number of phenols is 1. The Hall–Kier alpha value is -3.37. The fraction of sp³-hybridized carbons (Fsp3) is 0.0400. The summed E-state index contributed by atoms with van der Waals surface area (Å²) in [5.74, 6) is 2.96. The van der Waals surface area contributed by atoms with Crippen LogP contribution in [0.5, 0.6) is 23.0 Å². The number of hydrogen-bond donors (Lipinski definition) is 2. The summed E-state index contributed by atoms with van der Waals surface area (Å²) in [6, 6.07) is 32.0. The number of phenolic OH excluding ortho intramolecular Hbond substituents is 1. The third-order valence-corrected chi connectivity index (χ3v) is 7.39. The molecule has 0 aliphatic carbocycles. The van der Waals surface area contributed by atoms with E-state index in [2.05, 4.69) is 36.4 Å². The molecule has 1 aliphatic heterocycles. The van der Waals surface area contributed by atoms with Crippen LogP contribution >= 0.6 is 10.9 Å². The minimum Gasteiger partial charge on any atom is -0.508 e. The van der Waals surface area contributed by atoms with Gasteiger partial charge in [0.2, 0.25) is 0 Å². The Morgan fingerprint density at radius 3 is 1.90 bits per heavy atom. The molecule has 0 atom stereocenters. The van der Waals surface area contributed by atoms with Gasteiger partial charge in [-0.2, -0.15) is 10.9 Å². The second-order valence-electron chi connectivity index (χ2n) is 6.82. The molecule has 0 unspecified atom stereocenters. The lowest BCUT2D eigenvalue weighted by atomic mass is 10.2. The zero-order valence-corrected chi connectivity index (χ0v) is 16.6. The molecule has 4 heteroatoms. The number of rotatable bonds is 4.